The number of carbonyl (C=O) groups excluding carboxylic acids is 1. The van der Waals surface area contributed by atoms with E-state index in [1.54, 1.807) is 18.5 Å². The molecule has 0 unspecified atom stereocenters. The van der Waals surface area contributed by atoms with E-state index in [9.17, 15) is 13.2 Å². The molecular weight excluding hydrogens is 386 g/mol. The van der Waals surface area contributed by atoms with Crippen LogP contribution in [0.25, 0.3) is 16.7 Å². The van der Waals surface area contributed by atoms with Crippen molar-refractivity contribution < 1.29 is 13.2 Å². The van der Waals surface area contributed by atoms with E-state index in [2.05, 4.69) is 9.71 Å². The third-order valence-corrected chi connectivity index (χ3v) is 4.87. The molecule has 2 rings (SSSR count). The van der Waals surface area contributed by atoms with Gasteiger partial charge in [0.05, 0.1) is 6.26 Å². The number of rotatable bonds is 9. The fourth-order valence-corrected chi connectivity index (χ4v) is 3.60. The summed E-state index contributed by atoms with van der Waals surface area (Å²) in [4.78, 5) is 15.5. The number of pyridine rings is 1. The minimum absolute atomic E-state index is 0.232. The van der Waals surface area contributed by atoms with Crippen molar-refractivity contribution in [3.8, 4) is 11.1 Å². The molecule has 0 bridgehead atoms. The molecule has 1 aromatic carbocycles. The first-order valence-electron chi connectivity index (χ1n) is 9.38. The maximum Gasteiger partial charge on any atom is 0.229 e. The number of allylic oxidation sites excluding steroid dienone is 3. The van der Waals surface area contributed by atoms with E-state index in [1.807, 2.05) is 50.3 Å². The number of aryl methyl sites for hydroxylation is 1. The van der Waals surface area contributed by atoms with E-state index >= 15 is 0 Å². The van der Waals surface area contributed by atoms with Gasteiger partial charge >= 0.3 is 0 Å². The summed E-state index contributed by atoms with van der Waals surface area (Å²) < 4.78 is 25.8. The molecule has 0 radical (unpaired) electrons. The van der Waals surface area contributed by atoms with Gasteiger partial charge in [0.25, 0.3) is 0 Å². The van der Waals surface area contributed by atoms with Gasteiger partial charge in [0.1, 0.15) is 0 Å². The van der Waals surface area contributed by atoms with Crippen molar-refractivity contribution in [2.75, 3.05) is 6.26 Å². The second kappa shape index (κ2) is 10.0. The Morgan fingerprint density at radius 3 is 2.59 bits per heavy atom. The summed E-state index contributed by atoms with van der Waals surface area (Å²) >= 11 is 0. The Bertz CT molecular complexity index is 1030. The fourth-order valence-electron chi connectivity index (χ4n) is 3.03. The molecular formula is C22H27N3O3S. The number of sulfonamides is 1. The van der Waals surface area contributed by atoms with Crippen LogP contribution < -0.4 is 10.5 Å². The van der Waals surface area contributed by atoms with Crippen LogP contribution in [0.15, 0.2) is 60.6 Å². The zero-order chi connectivity index (χ0) is 21.4. The first kappa shape index (κ1) is 22.4. The molecule has 0 aliphatic heterocycles. The fraction of sp³-hybridized carbons (Fsp3) is 0.273. The van der Waals surface area contributed by atoms with Crippen LogP contribution >= 0.6 is 0 Å². The summed E-state index contributed by atoms with van der Waals surface area (Å²) in [6, 6.07) is 9.84. The van der Waals surface area contributed by atoms with E-state index in [4.69, 9.17) is 5.73 Å². The lowest BCUT2D eigenvalue weighted by Crippen LogP contribution is -2.20. The smallest absolute Gasteiger partial charge is 0.229 e. The number of amides is 1. The van der Waals surface area contributed by atoms with Gasteiger partial charge in [0.15, 0.2) is 0 Å². The van der Waals surface area contributed by atoms with Crippen molar-refractivity contribution in [2.45, 2.75) is 33.1 Å². The molecule has 6 nitrogen and oxygen atoms in total. The lowest BCUT2D eigenvalue weighted by Gasteiger charge is -2.14. The van der Waals surface area contributed by atoms with Gasteiger partial charge in [-0.05, 0) is 59.7 Å². The van der Waals surface area contributed by atoms with Crippen molar-refractivity contribution in [3.05, 3.63) is 71.7 Å². The van der Waals surface area contributed by atoms with Gasteiger partial charge in [-0.3, -0.25) is 14.5 Å². The first-order valence-corrected chi connectivity index (χ1v) is 11.3. The van der Waals surface area contributed by atoms with Crippen LogP contribution in [-0.2, 0) is 21.2 Å². The third-order valence-electron chi connectivity index (χ3n) is 4.26. The van der Waals surface area contributed by atoms with Crippen molar-refractivity contribution in [1.29, 1.82) is 0 Å². The Kier molecular flexibility index (Phi) is 7.73. The maximum absolute atomic E-state index is 11.6. The standard InChI is InChI=1S/C22H27N3O3S/c1-4-6-20(25-29(3,27)28)13-16(2)21-10-8-17(19-7-5-12-24-15-19)14-18(21)9-11-22(23)26/h5-8,10,12-15,25H,4,9,11H2,1-3H3,(H2,23,26)/b16-13+,20-6+. The minimum Gasteiger partial charge on any atom is -0.370 e. The molecule has 1 amide bonds. The number of carbonyl (C=O) groups is 1. The highest BCUT2D eigenvalue weighted by molar-refractivity contribution is 7.88. The van der Waals surface area contributed by atoms with E-state index in [0.29, 0.717) is 18.5 Å². The minimum atomic E-state index is -3.38. The highest BCUT2D eigenvalue weighted by Gasteiger charge is 2.10. The highest BCUT2D eigenvalue weighted by Crippen LogP contribution is 2.27. The predicted molar refractivity (Wildman–Crippen MR) is 117 cm³/mol. The van der Waals surface area contributed by atoms with Gasteiger partial charge in [-0.25, -0.2) is 8.42 Å². The van der Waals surface area contributed by atoms with Gasteiger partial charge in [0, 0.05) is 24.5 Å². The molecule has 154 valence electrons. The third kappa shape index (κ3) is 7.19. The molecule has 3 N–H and O–H groups in total. The molecule has 0 saturated heterocycles. The summed E-state index contributed by atoms with van der Waals surface area (Å²) in [6.07, 6.45) is 9.67. The molecule has 0 saturated carbocycles. The van der Waals surface area contributed by atoms with E-state index in [0.717, 1.165) is 34.1 Å². The molecule has 0 spiro atoms. The number of nitrogens with zero attached hydrogens (tertiary/aromatic N) is 1. The normalized spacial score (nSPS) is 12.7. The summed E-state index contributed by atoms with van der Waals surface area (Å²) in [7, 11) is -3.38. The molecule has 2 aromatic rings. The van der Waals surface area contributed by atoms with Gasteiger partial charge in [-0.1, -0.05) is 37.3 Å². The molecule has 29 heavy (non-hydrogen) atoms. The SMILES string of the molecule is CC/C=C(\C=C(/C)c1ccc(-c2cccnc2)cc1CCC(N)=O)NS(C)(=O)=O. The average Bonchev–Trinajstić information content (AvgIpc) is 2.65. The lowest BCUT2D eigenvalue weighted by atomic mass is 9.93. The first-order chi connectivity index (χ1) is 13.7. The number of aromatic nitrogens is 1. The molecule has 7 heteroatoms. The van der Waals surface area contributed by atoms with Crippen LogP contribution in [0.4, 0.5) is 0 Å². The van der Waals surface area contributed by atoms with Gasteiger partial charge in [0.2, 0.25) is 15.9 Å². The zero-order valence-corrected chi connectivity index (χ0v) is 17.8. The maximum atomic E-state index is 11.6. The molecule has 1 heterocycles. The second-order valence-corrected chi connectivity index (χ2v) is 8.60. The van der Waals surface area contributed by atoms with Crippen molar-refractivity contribution in [2.24, 2.45) is 5.73 Å². The van der Waals surface area contributed by atoms with Gasteiger partial charge in [-0.15, -0.1) is 0 Å². The second-order valence-electron chi connectivity index (χ2n) is 6.85. The van der Waals surface area contributed by atoms with Crippen molar-refractivity contribution in [3.63, 3.8) is 0 Å². The molecule has 1 aromatic heterocycles. The van der Waals surface area contributed by atoms with E-state index in [1.165, 1.54) is 0 Å². The molecule has 0 aliphatic carbocycles. The van der Waals surface area contributed by atoms with Gasteiger partial charge < -0.3 is 5.73 Å². The van der Waals surface area contributed by atoms with Crippen molar-refractivity contribution >= 4 is 21.5 Å². The Balaban J connectivity index is 2.48. The Morgan fingerprint density at radius 2 is 2.00 bits per heavy atom. The Labute approximate surface area is 172 Å². The quantitative estimate of drug-likeness (QED) is 0.615. The number of hydrogen-bond donors (Lipinski definition) is 2. The average molecular weight is 414 g/mol. The van der Waals surface area contributed by atoms with Crippen LogP contribution in [0.1, 0.15) is 37.8 Å². The lowest BCUT2D eigenvalue weighted by molar-refractivity contribution is -0.117. The number of nitrogens with two attached hydrogens (primary N) is 1. The van der Waals surface area contributed by atoms with Crippen LogP contribution in [0.2, 0.25) is 0 Å². The summed E-state index contributed by atoms with van der Waals surface area (Å²) in [6.45, 7) is 3.86. The monoisotopic (exact) mass is 413 g/mol. The summed E-state index contributed by atoms with van der Waals surface area (Å²) in [5.41, 5.74) is 10.6. The molecule has 0 atom stereocenters. The van der Waals surface area contributed by atoms with Crippen LogP contribution in [0.5, 0.6) is 0 Å². The Morgan fingerprint density at radius 1 is 1.24 bits per heavy atom. The zero-order valence-electron chi connectivity index (χ0n) is 17.0. The topological polar surface area (TPSA) is 102 Å². The predicted octanol–water partition coefficient (Wildman–Crippen LogP) is 3.41. The van der Waals surface area contributed by atoms with Crippen LogP contribution in [0.3, 0.4) is 0 Å². The summed E-state index contributed by atoms with van der Waals surface area (Å²) in [5.74, 6) is -0.366. The van der Waals surface area contributed by atoms with E-state index < -0.39 is 10.0 Å². The number of hydrogen-bond acceptors (Lipinski definition) is 4. The number of primary amides is 1. The highest BCUT2D eigenvalue weighted by atomic mass is 32.2. The van der Waals surface area contributed by atoms with E-state index in [-0.39, 0.29) is 12.3 Å². The van der Waals surface area contributed by atoms with Crippen molar-refractivity contribution in [1.82, 2.24) is 9.71 Å². The largest absolute Gasteiger partial charge is 0.370 e. The van der Waals surface area contributed by atoms with Crippen LogP contribution in [0, 0.1) is 0 Å². The number of benzene rings is 1. The van der Waals surface area contributed by atoms with Gasteiger partial charge in [-0.2, -0.15) is 0 Å². The molecule has 0 aliphatic rings. The van der Waals surface area contributed by atoms with Crippen LogP contribution in [-0.4, -0.2) is 25.6 Å². The summed E-state index contributed by atoms with van der Waals surface area (Å²) in [5, 5.41) is 0. The number of nitrogens with one attached hydrogen (secondary N) is 1. The Hall–Kier alpha value is -2.93. The molecule has 0 fully saturated rings.